The predicted octanol–water partition coefficient (Wildman–Crippen LogP) is 3.05. The van der Waals surface area contributed by atoms with Crippen LogP contribution in [-0.4, -0.2) is 19.6 Å². The SMILES string of the molecule is COCC(=O)Nc1cc(Br)cc(C(F)(F)F)c1. The lowest BCUT2D eigenvalue weighted by Gasteiger charge is -2.10. The summed E-state index contributed by atoms with van der Waals surface area (Å²) >= 11 is 2.95. The first-order valence-corrected chi connectivity index (χ1v) is 5.29. The van der Waals surface area contributed by atoms with E-state index in [9.17, 15) is 18.0 Å². The van der Waals surface area contributed by atoms with Gasteiger partial charge in [-0.2, -0.15) is 13.2 Å². The summed E-state index contributed by atoms with van der Waals surface area (Å²) in [6.07, 6.45) is -4.45. The number of rotatable bonds is 3. The zero-order chi connectivity index (χ0) is 13.1. The van der Waals surface area contributed by atoms with E-state index in [1.165, 1.54) is 13.2 Å². The molecule has 0 aliphatic rings. The van der Waals surface area contributed by atoms with Crippen LogP contribution in [0.1, 0.15) is 5.56 Å². The van der Waals surface area contributed by atoms with E-state index < -0.39 is 17.6 Å². The molecule has 17 heavy (non-hydrogen) atoms. The number of carbonyl (C=O) groups excluding carboxylic acids is 1. The number of alkyl halides is 3. The van der Waals surface area contributed by atoms with E-state index in [4.69, 9.17) is 0 Å². The van der Waals surface area contributed by atoms with Crippen molar-refractivity contribution < 1.29 is 22.7 Å². The Labute approximate surface area is 104 Å². The Morgan fingerprint density at radius 2 is 2.06 bits per heavy atom. The topological polar surface area (TPSA) is 38.3 Å². The zero-order valence-electron chi connectivity index (χ0n) is 8.77. The van der Waals surface area contributed by atoms with Crippen LogP contribution in [0.25, 0.3) is 0 Å². The molecular formula is C10H9BrF3NO2. The van der Waals surface area contributed by atoms with Crippen LogP contribution in [0, 0.1) is 0 Å². The fourth-order valence-electron chi connectivity index (χ4n) is 1.15. The van der Waals surface area contributed by atoms with Crippen LogP contribution in [0.5, 0.6) is 0 Å². The molecule has 0 fully saturated rings. The molecule has 1 N–H and O–H groups in total. The Morgan fingerprint density at radius 3 is 2.59 bits per heavy atom. The van der Waals surface area contributed by atoms with E-state index in [0.717, 1.165) is 12.1 Å². The van der Waals surface area contributed by atoms with Gasteiger partial charge in [0.1, 0.15) is 6.61 Å². The molecular weight excluding hydrogens is 303 g/mol. The fraction of sp³-hybridized carbons (Fsp3) is 0.300. The van der Waals surface area contributed by atoms with Crippen LogP contribution < -0.4 is 5.32 Å². The van der Waals surface area contributed by atoms with Gasteiger partial charge in [-0.05, 0) is 18.2 Å². The summed E-state index contributed by atoms with van der Waals surface area (Å²) in [4.78, 5) is 11.2. The maximum atomic E-state index is 12.5. The highest BCUT2D eigenvalue weighted by atomic mass is 79.9. The van der Waals surface area contributed by atoms with Crippen molar-refractivity contribution in [3.63, 3.8) is 0 Å². The van der Waals surface area contributed by atoms with Crippen molar-refractivity contribution in [1.29, 1.82) is 0 Å². The van der Waals surface area contributed by atoms with Gasteiger partial charge < -0.3 is 10.1 Å². The molecule has 0 aromatic heterocycles. The minimum Gasteiger partial charge on any atom is -0.375 e. The maximum absolute atomic E-state index is 12.5. The van der Waals surface area contributed by atoms with Crippen molar-refractivity contribution in [3.05, 3.63) is 28.2 Å². The Kier molecular flexibility index (Phi) is 4.53. The van der Waals surface area contributed by atoms with Gasteiger partial charge >= 0.3 is 6.18 Å². The van der Waals surface area contributed by atoms with E-state index in [0.29, 0.717) is 0 Å². The van der Waals surface area contributed by atoms with Crippen LogP contribution in [0.4, 0.5) is 18.9 Å². The van der Waals surface area contributed by atoms with Gasteiger partial charge in [-0.3, -0.25) is 4.79 Å². The first-order chi connectivity index (χ1) is 7.82. The summed E-state index contributed by atoms with van der Waals surface area (Å²) in [5.74, 6) is -0.515. The summed E-state index contributed by atoms with van der Waals surface area (Å²) in [6, 6.07) is 3.17. The molecule has 94 valence electrons. The zero-order valence-corrected chi connectivity index (χ0v) is 10.4. The third-order valence-electron chi connectivity index (χ3n) is 1.78. The van der Waals surface area contributed by atoms with Gasteiger partial charge in [-0.25, -0.2) is 0 Å². The highest BCUT2D eigenvalue weighted by molar-refractivity contribution is 9.10. The number of hydrogen-bond donors (Lipinski definition) is 1. The molecule has 0 heterocycles. The molecule has 1 aromatic rings. The second kappa shape index (κ2) is 5.50. The molecule has 7 heteroatoms. The van der Waals surface area contributed by atoms with Crippen molar-refractivity contribution >= 4 is 27.5 Å². The summed E-state index contributed by atoms with van der Waals surface area (Å²) in [5.41, 5.74) is -0.770. The summed E-state index contributed by atoms with van der Waals surface area (Å²) in [5, 5.41) is 2.30. The molecule has 0 saturated heterocycles. The number of amides is 1. The number of carbonyl (C=O) groups is 1. The third kappa shape index (κ3) is 4.35. The molecule has 0 saturated carbocycles. The number of halogens is 4. The number of anilines is 1. The first kappa shape index (κ1) is 14.0. The van der Waals surface area contributed by atoms with Gasteiger partial charge in [0.25, 0.3) is 0 Å². The molecule has 0 aliphatic heterocycles. The number of benzene rings is 1. The lowest BCUT2D eigenvalue weighted by molar-refractivity contribution is -0.137. The molecule has 1 amide bonds. The quantitative estimate of drug-likeness (QED) is 0.931. The van der Waals surface area contributed by atoms with Gasteiger partial charge in [0.05, 0.1) is 5.56 Å². The molecule has 0 atom stereocenters. The number of hydrogen-bond acceptors (Lipinski definition) is 2. The average molecular weight is 312 g/mol. The van der Waals surface area contributed by atoms with Crippen LogP contribution in [-0.2, 0) is 15.7 Å². The van der Waals surface area contributed by atoms with Gasteiger partial charge in [-0.15, -0.1) is 0 Å². The van der Waals surface area contributed by atoms with Crippen molar-refractivity contribution in [2.24, 2.45) is 0 Å². The van der Waals surface area contributed by atoms with Crippen LogP contribution in [0.15, 0.2) is 22.7 Å². The highest BCUT2D eigenvalue weighted by Gasteiger charge is 2.31. The van der Waals surface area contributed by atoms with Gasteiger partial charge in [0.2, 0.25) is 5.91 Å². The lowest BCUT2D eigenvalue weighted by atomic mass is 10.2. The number of methoxy groups -OCH3 is 1. The molecule has 3 nitrogen and oxygen atoms in total. The lowest BCUT2D eigenvalue weighted by Crippen LogP contribution is -2.17. The van der Waals surface area contributed by atoms with Crippen molar-refractivity contribution in [1.82, 2.24) is 0 Å². The molecule has 1 aromatic carbocycles. The summed E-state index contributed by atoms with van der Waals surface area (Å²) in [7, 11) is 1.32. The van der Waals surface area contributed by atoms with Gasteiger partial charge in [-0.1, -0.05) is 15.9 Å². The molecule has 0 bridgehead atoms. The smallest absolute Gasteiger partial charge is 0.375 e. The summed E-state index contributed by atoms with van der Waals surface area (Å²) in [6.45, 7) is -0.214. The van der Waals surface area contributed by atoms with E-state index >= 15 is 0 Å². The van der Waals surface area contributed by atoms with Crippen LogP contribution >= 0.6 is 15.9 Å². The largest absolute Gasteiger partial charge is 0.416 e. The van der Waals surface area contributed by atoms with Crippen molar-refractivity contribution in [2.75, 3.05) is 19.0 Å². The molecule has 1 rings (SSSR count). The third-order valence-corrected chi connectivity index (χ3v) is 2.24. The second-order valence-electron chi connectivity index (χ2n) is 3.21. The van der Waals surface area contributed by atoms with Crippen molar-refractivity contribution in [3.8, 4) is 0 Å². The normalized spacial score (nSPS) is 11.4. The molecule has 0 radical (unpaired) electrons. The summed E-state index contributed by atoms with van der Waals surface area (Å²) < 4.78 is 42.2. The molecule has 0 unspecified atom stereocenters. The first-order valence-electron chi connectivity index (χ1n) is 4.49. The Hall–Kier alpha value is -1.08. The second-order valence-corrected chi connectivity index (χ2v) is 4.12. The Morgan fingerprint density at radius 1 is 1.41 bits per heavy atom. The van der Waals surface area contributed by atoms with Crippen LogP contribution in [0.2, 0.25) is 0 Å². The minimum absolute atomic E-state index is 0.0637. The fourth-order valence-corrected chi connectivity index (χ4v) is 1.65. The van der Waals surface area contributed by atoms with Gasteiger partial charge in [0, 0.05) is 17.3 Å². The Balaban J connectivity index is 2.94. The van der Waals surface area contributed by atoms with E-state index in [1.54, 1.807) is 0 Å². The van der Waals surface area contributed by atoms with Crippen LogP contribution in [0.3, 0.4) is 0 Å². The average Bonchev–Trinajstić information content (AvgIpc) is 2.15. The number of ether oxygens (including phenoxy) is 1. The van der Waals surface area contributed by atoms with E-state index in [-0.39, 0.29) is 16.8 Å². The minimum atomic E-state index is -4.45. The van der Waals surface area contributed by atoms with Crippen molar-refractivity contribution in [2.45, 2.75) is 6.18 Å². The maximum Gasteiger partial charge on any atom is 0.416 e. The predicted molar refractivity (Wildman–Crippen MR) is 59.6 cm³/mol. The van der Waals surface area contributed by atoms with Gasteiger partial charge in [0.15, 0.2) is 0 Å². The Bertz CT molecular complexity index is 421. The molecule has 0 aliphatic carbocycles. The highest BCUT2D eigenvalue weighted by Crippen LogP contribution is 2.33. The number of nitrogens with one attached hydrogen (secondary N) is 1. The standard InChI is InChI=1S/C10H9BrF3NO2/c1-17-5-9(16)15-8-3-6(10(12,13)14)2-7(11)4-8/h2-4H,5H2,1H3,(H,15,16). The monoisotopic (exact) mass is 311 g/mol. The molecule has 0 spiro atoms. The van der Waals surface area contributed by atoms with E-state index in [2.05, 4.69) is 26.0 Å². The van der Waals surface area contributed by atoms with E-state index in [1.807, 2.05) is 0 Å².